The van der Waals surface area contributed by atoms with Crippen molar-refractivity contribution in [1.29, 1.82) is 0 Å². The topological polar surface area (TPSA) is 4.44 Å². The molecule has 0 aromatic rings. The molecule has 0 amide bonds. The third-order valence-electron chi connectivity index (χ3n) is 13.7. The average Bonchev–Trinajstić information content (AvgIpc) is 3.26. The van der Waals surface area contributed by atoms with Crippen molar-refractivity contribution in [2.45, 2.75) is 335 Å². The summed E-state index contributed by atoms with van der Waals surface area (Å²) in [6.07, 6.45) is 80.5. The van der Waals surface area contributed by atoms with Gasteiger partial charge in [0, 0.05) is 0 Å². The first-order valence-corrected chi connectivity index (χ1v) is 29.0. The summed E-state index contributed by atoms with van der Waals surface area (Å²) in [6, 6.07) is 0. The predicted octanol–water partition coefficient (Wildman–Crippen LogP) is 17.2. The number of unbranched alkanes of at least 4 members (excludes halogenated alkanes) is 44. The van der Waals surface area contributed by atoms with Crippen LogP contribution in [0.4, 0.5) is 0 Å². The normalized spacial score (nSPS) is 11.9. The van der Waals surface area contributed by atoms with E-state index in [0.29, 0.717) is 0 Å². The predicted molar refractivity (Wildman–Crippen MR) is 277 cm³/mol. The molecule has 0 heterocycles. The summed E-state index contributed by atoms with van der Waals surface area (Å²) < 4.78 is 0. The Bertz CT molecular complexity index is 748. The third kappa shape index (κ3) is 57.7. The smallest absolute Gasteiger partial charge is 0.0770 e. The summed E-state index contributed by atoms with van der Waals surface area (Å²) in [4.78, 5) is 1.94. The van der Waals surface area contributed by atoms with Crippen molar-refractivity contribution in [1.82, 2.24) is 0 Å². The number of hydrogen-bond acceptors (Lipinski definition) is 0. The Morgan fingerprint density at radius 1 is 0.197 bits per heavy atom. The van der Waals surface area contributed by atoms with Crippen LogP contribution in [0.5, 0.6) is 0 Å². The molecule has 0 unspecified atom stereocenters. The lowest BCUT2D eigenvalue weighted by molar-refractivity contribution is -0.900. The zero-order valence-corrected chi connectivity index (χ0v) is 43.7. The van der Waals surface area contributed by atoms with Gasteiger partial charge in [-0.2, -0.15) is 0 Å². The van der Waals surface area contributed by atoms with E-state index in [2.05, 4.69) is 45.1 Å². The molecular formula is C59H118ClN. The van der Waals surface area contributed by atoms with Crippen molar-refractivity contribution in [3.63, 3.8) is 0 Å². The molecule has 0 fully saturated rings. The molecule has 0 saturated heterocycles. The molecule has 0 radical (unpaired) electrons. The quantitative estimate of drug-likeness (QED) is 0.0459. The molecule has 0 aromatic carbocycles. The van der Waals surface area contributed by atoms with Crippen molar-refractivity contribution < 1.29 is 17.3 Å². The second-order valence-corrected chi connectivity index (χ2v) is 19.9. The summed E-state index contributed by atoms with van der Waals surface area (Å²) in [7, 11) is 0. The fourth-order valence-electron chi connectivity index (χ4n) is 9.43. The van der Waals surface area contributed by atoms with Gasteiger partial charge in [-0.3, -0.25) is 0 Å². The van der Waals surface area contributed by atoms with Crippen LogP contribution in [0.25, 0.3) is 0 Å². The van der Waals surface area contributed by atoms with Gasteiger partial charge in [-0.1, -0.05) is 270 Å². The van der Waals surface area contributed by atoms with Gasteiger partial charge in [-0.25, -0.2) is 0 Å². The van der Waals surface area contributed by atoms with Crippen molar-refractivity contribution in [3.05, 3.63) is 24.3 Å². The maximum absolute atomic E-state index is 2.48. The third-order valence-corrected chi connectivity index (χ3v) is 13.7. The first-order chi connectivity index (χ1) is 29.8. The molecule has 0 bridgehead atoms. The Labute approximate surface area is 394 Å². The van der Waals surface area contributed by atoms with Crippen molar-refractivity contribution >= 4 is 0 Å². The fraction of sp³-hybridized carbons (Fsp3) is 0.932. The molecule has 0 spiro atoms. The van der Waals surface area contributed by atoms with Gasteiger partial charge in [0.15, 0.2) is 0 Å². The second kappa shape index (κ2) is 59.7. The van der Waals surface area contributed by atoms with E-state index < -0.39 is 0 Å². The summed E-state index contributed by atoms with van der Waals surface area (Å²) in [5.41, 5.74) is 0. The van der Waals surface area contributed by atoms with E-state index in [9.17, 15) is 0 Å². The molecule has 1 nitrogen and oxygen atoms in total. The first-order valence-electron chi connectivity index (χ1n) is 29.0. The van der Waals surface area contributed by atoms with Gasteiger partial charge in [0.1, 0.15) is 0 Å². The summed E-state index contributed by atoms with van der Waals surface area (Å²) in [5, 5.41) is 0. The van der Waals surface area contributed by atoms with Crippen molar-refractivity contribution in [2.24, 2.45) is 0 Å². The van der Waals surface area contributed by atoms with Crippen LogP contribution in [0.2, 0.25) is 0 Å². The second-order valence-electron chi connectivity index (χ2n) is 19.9. The highest BCUT2D eigenvalue weighted by Gasteiger charge is 2.08. The number of allylic oxidation sites excluding steroid dienone is 4. The van der Waals surface area contributed by atoms with Crippen LogP contribution in [0.1, 0.15) is 335 Å². The molecule has 0 aliphatic heterocycles. The van der Waals surface area contributed by atoms with Crippen LogP contribution >= 0.6 is 0 Å². The highest BCUT2D eigenvalue weighted by molar-refractivity contribution is 4.82. The molecular weight excluding hydrogens is 758 g/mol. The van der Waals surface area contributed by atoms with Crippen LogP contribution in [0.3, 0.4) is 0 Å². The van der Waals surface area contributed by atoms with Gasteiger partial charge in [0.2, 0.25) is 0 Å². The lowest BCUT2D eigenvalue weighted by Gasteiger charge is -2.20. The number of rotatable bonds is 54. The fourth-order valence-corrected chi connectivity index (χ4v) is 9.43. The minimum absolute atomic E-state index is 0. The molecule has 0 rings (SSSR count). The highest BCUT2D eigenvalue weighted by atomic mass is 35.5. The number of quaternary nitrogens is 1. The Balaban J connectivity index is 0. The Morgan fingerprint density at radius 3 is 0.525 bits per heavy atom. The van der Waals surface area contributed by atoms with Crippen molar-refractivity contribution in [2.75, 3.05) is 19.6 Å². The van der Waals surface area contributed by atoms with Gasteiger partial charge in [-0.15, -0.1) is 0 Å². The molecule has 0 aliphatic rings. The highest BCUT2D eigenvalue weighted by Crippen LogP contribution is 2.16. The zero-order valence-electron chi connectivity index (χ0n) is 43.0. The van der Waals surface area contributed by atoms with E-state index in [1.54, 1.807) is 0 Å². The van der Waals surface area contributed by atoms with Gasteiger partial charge in [0.25, 0.3) is 0 Å². The lowest BCUT2D eigenvalue weighted by Crippen LogP contribution is -3.12. The Hall–Kier alpha value is -0.270. The van der Waals surface area contributed by atoms with Crippen LogP contribution < -0.4 is 17.3 Å². The van der Waals surface area contributed by atoms with Crippen LogP contribution in [0.15, 0.2) is 24.3 Å². The standard InChI is InChI=1S/C59H117N.ClH/c1-4-7-10-13-16-19-22-25-28-31-32-33-34-35-38-41-44-47-50-53-56-59-60(57-54-51-48-45-42-39-36-29-26-23-20-17-14-11-8-5-2)58-55-52-49-46-43-40-37-30-27-24-21-18-15-12-9-6-3;/h26-27,29-30H,4-25,28,31-59H2,1-3H3;1H/b29-26-,30-27-;. The SMILES string of the molecule is CCCCCCCC/C=C\CCCCCCCC[NH+](CCCCCCCC/C=C\CCCCCCCC)CCCCCCCCCCCCCCCCCCCCCCC.[Cl-]. The maximum Gasteiger partial charge on any atom is 0.0770 e. The first kappa shape index (κ1) is 62.8. The van der Waals surface area contributed by atoms with Gasteiger partial charge >= 0.3 is 0 Å². The van der Waals surface area contributed by atoms with Crippen LogP contribution in [-0.2, 0) is 0 Å². The van der Waals surface area contributed by atoms with Crippen LogP contribution in [0, 0.1) is 0 Å². The van der Waals surface area contributed by atoms with E-state index >= 15 is 0 Å². The Kier molecular flexibility index (Phi) is 61.5. The lowest BCUT2D eigenvalue weighted by atomic mass is 10.0. The molecule has 61 heavy (non-hydrogen) atoms. The number of nitrogens with one attached hydrogen (secondary N) is 1. The maximum atomic E-state index is 2.48. The van der Waals surface area contributed by atoms with Gasteiger partial charge in [-0.05, 0) is 89.9 Å². The molecule has 0 aliphatic carbocycles. The molecule has 1 N–H and O–H groups in total. The van der Waals surface area contributed by atoms with E-state index in [1.807, 2.05) is 4.90 Å². The van der Waals surface area contributed by atoms with E-state index in [4.69, 9.17) is 0 Å². The Morgan fingerprint density at radius 2 is 0.344 bits per heavy atom. The minimum Gasteiger partial charge on any atom is -1.00 e. The number of hydrogen-bond donors (Lipinski definition) is 1. The molecule has 2 heteroatoms. The zero-order chi connectivity index (χ0) is 43.2. The minimum atomic E-state index is 0. The van der Waals surface area contributed by atoms with E-state index in [1.165, 1.54) is 334 Å². The molecule has 0 aromatic heterocycles. The van der Waals surface area contributed by atoms with E-state index in [-0.39, 0.29) is 12.4 Å². The summed E-state index contributed by atoms with van der Waals surface area (Å²) in [5.74, 6) is 0. The monoisotopic (exact) mass is 876 g/mol. The number of halogens is 1. The molecule has 0 atom stereocenters. The van der Waals surface area contributed by atoms with Crippen molar-refractivity contribution in [3.8, 4) is 0 Å². The van der Waals surface area contributed by atoms with Gasteiger partial charge < -0.3 is 17.3 Å². The van der Waals surface area contributed by atoms with Crippen LogP contribution in [-0.4, -0.2) is 19.6 Å². The molecule has 0 saturated carbocycles. The molecule has 366 valence electrons. The largest absolute Gasteiger partial charge is 1.00 e. The summed E-state index contributed by atoms with van der Waals surface area (Å²) in [6.45, 7) is 11.2. The average molecular weight is 877 g/mol. The van der Waals surface area contributed by atoms with Gasteiger partial charge in [0.05, 0.1) is 19.6 Å². The summed E-state index contributed by atoms with van der Waals surface area (Å²) >= 11 is 0. The van der Waals surface area contributed by atoms with E-state index in [0.717, 1.165) is 0 Å².